The van der Waals surface area contributed by atoms with Crippen LogP contribution in [-0.4, -0.2) is 18.2 Å². The molecule has 252 valence electrons. The van der Waals surface area contributed by atoms with Gasteiger partial charge in [0.1, 0.15) is 12.0 Å². The van der Waals surface area contributed by atoms with Crippen molar-refractivity contribution in [3.63, 3.8) is 0 Å². The van der Waals surface area contributed by atoms with E-state index >= 15 is 0 Å². The molecule has 0 bridgehead atoms. The van der Waals surface area contributed by atoms with E-state index in [4.69, 9.17) is 13.5 Å². The van der Waals surface area contributed by atoms with Crippen molar-refractivity contribution >= 4 is 58.5 Å². The van der Waals surface area contributed by atoms with Crippen LogP contribution in [0.1, 0.15) is 41.6 Å². The summed E-state index contributed by atoms with van der Waals surface area (Å²) in [4.78, 5) is 7.93. The lowest BCUT2D eigenvalue weighted by Crippen LogP contribution is -2.34. The normalized spacial score (nSPS) is 16.9. The van der Waals surface area contributed by atoms with Crippen LogP contribution in [0.5, 0.6) is 0 Å². The van der Waals surface area contributed by atoms with E-state index in [0.29, 0.717) is 6.54 Å². The van der Waals surface area contributed by atoms with E-state index in [9.17, 15) is 0 Å². The van der Waals surface area contributed by atoms with Crippen LogP contribution in [0.4, 0.5) is 5.69 Å². The van der Waals surface area contributed by atoms with E-state index in [-0.39, 0.29) is 0 Å². The minimum Gasteiger partial charge on any atom is -0.323 e. The fourth-order valence-corrected chi connectivity index (χ4v) is 7.58. The second-order valence-corrected chi connectivity index (χ2v) is 13.7. The molecule has 0 atom stereocenters. The van der Waals surface area contributed by atoms with Gasteiger partial charge in [0.2, 0.25) is 11.2 Å². The molecule has 0 radical (unpaired) electrons. The van der Waals surface area contributed by atoms with Gasteiger partial charge < -0.3 is 8.75 Å². The van der Waals surface area contributed by atoms with Gasteiger partial charge in [-0.15, -0.1) is 15.9 Å². The van der Waals surface area contributed by atoms with Crippen LogP contribution in [-0.2, 0) is 26.5 Å². The number of nitrogens with zero attached hydrogens (tertiary/aromatic N) is 3. The van der Waals surface area contributed by atoms with Crippen molar-refractivity contribution in [3.8, 4) is 11.3 Å². The van der Waals surface area contributed by atoms with Gasteiger partial charge in [0, 0.05) is 82.2 Å². The minimum atomic E-state index is 0.461. The lowest BCUT2D eigenvalue weighted by molar-refractivity contribution is -0.665. The van der Waals surface area contributed by atoms with Gasteiger partial charge in [-0.1, -0.05) is 24.3 Å². The number of hydrogen-bond acceptors (Lipinski definition) is 7. The lowest BCUT2D eigenvalue weighted by atomic mass is 9.90. The zero-order valence-electron chi connectivity index (χ0n) is 28.2. The Morgan fingerprint density at radius 1 is 1.02 bits per heavy atom. The molecule has 4 heterocycles. The molecule has 0 saturated carbocycles. The van der Waals surface area contributed by atoms with E-state index in [1.165, 1.54) is 56.6 Å². The van der Waals surface area contributed by atoms with Gasteiger partial charge in [-0.2, -0.15) is 10.0 Å². The van der Waals surface area contributed by atoms with Gasteiger partial charge in [-0.25, -0.2) is 0 Å². The molecular weight excluding hydrogens is 661 g/mol. The number of benzene rings is 2. The predicted octanol–water partition coefficient (Wildman–Crippen LogP) is 9.10. The number of nitrogens with one attached hydrogen (secondary N) is 1. The molecule has 9 heteroatoms. The second-order valence-electron chi connectivity index (χ2n) is 12.2. The number of aryl methyl sites for hydroxylation is 3. The highest BCUT2D eigenvalue weighted by Crippen LogP contribution is 2.37. The van der Waals surface area contributed by atoms with Gasteiger partial charge in [-0.3, -0.25) is 4.90 Å². The monoisotopic (exact) mass is 699 g/mol. The largest absolute Gasteiger partial charge is 0.323 e. The first-order valence-corrected chi connectivity index (χ1v) is 18.2. The van der Waals surface area contributed by atoms with Gasteiger partial charge in [0.15, 0.2) is 6.54 Å². The number of rotatable bonds is 11. The van der Waals surface area contributed by atoms with Crippen LogP contribution in [0.25, 0.3) is 28.8 Å². The van der Waals surface area contributed by atoms with Crippen LogP contribution in [0, 0.1) is 18.2 Å². The van der Waals surface area contributed by atoms with E-state index in [1.807, 2.05) is 11.0 Å². The van der Waals surface area contributed by atoms with E-state index in [0.717, 1.165) is 66.1 Å². The smallest absolute Gasteiger partial charge is 0.216 e. The van der Waals surface area contributed by atoms with Gasteiger partial charge in [0.05, 0.1) is 24.2 Å². The first kappa shape index (κ1) is 33.9. The molecule has 1 aliphatic carbocycles. The Labute approximate surface area is 302 Å². The molecule has 0 amide bonds. The third-order valence-electron chi connectivity index (χ3n) is 8.92. The summed E-state index contributed by atoms with van der Waals surface area (Å²) in [5.41, 5.74) is 14.9. The zero-order valence-corrected chi connectivity index (χ0v) is 29.9. The average molecular weight is 700 g/mol. The van der Waals surface area contributed by atoms with Gasteiger partial charge in [-0.05, 0) is 104 Å². The standard InChI is InChI=1S/C41H39N4O3S2/c1-4-21-42-47-48-49-26-25-44-36(16-12-33-29-38(50-46-3)18-19-39(33)44)14-10-31-8-7-9-32(40(31)43-22-5-6-23-43)11-15-37-17-13-34-27-30(2)28-35-20-24-45(37)41(34)35/h4-6,10-19,22-23,27-29,42H,1,7-9,20-21,24H2,2-3H3/q+1. The fourth-order valence-electron chi connectivity index (χ4n) is 6.84. The highest BCUT2D eigenvalue weighted by Gasteiger charge is 2.25. The SMILES string of the molecule is C=CCNOOSC#CN1C(=CC=C2CCCC(C=Cc3ccc4cc(C)cc5c4[n+]3CC5)=C2n2cccc2)C=Cc2cc(SOC)ccc21. The molecule has 2 aromatic carbocycles. The molecule has 50 heavy (non-hydrogen) atoms. The quantitative estimate of drug-likeness (QED) is 0.0319. The molecule has 4 aromatic rings. The number of anilines is 1. The second kappa shape index (κ2) is 16.0. The van der Waals surface area contributed by atoms with Crippen LogP contribution in [0.15, 0.2) is 126 Å². The zero-order chi connectivity index (χ0) is 34.3. The van der Waals surface area contributed by atoms with Crippen molar-refractivity contribution in [1.29, 1.82) is 0 Å². The van der Waals surface area contributed by atoms with E-state index in [1.54, 1.807) is 13.2 Å². The third kappa shape index (κ3) is 7.47. The number of pyridine rings is 1. The number of hydroxylamine groups is 1. The minimum absolute atomic E-state index is 0.461. The van der Waals surface area contributed by atoms with Crippen LogP contribution >= 0.6 is 24.1 Å². The fraction of sp³-hybridized carbons (Fsp3) is 0.195. The van der Waals surface area contributed by atoms with Crippen molar-refractivity contribution in [1.82, 2.24) is 10.0 Å². The molecule has 2 aliphatic heterocycles. The summed E-state index contributed by atoms with van der Waals surface area (Å²) in [5.74, 6) is 0. The first-order valence-electron chi connectivity index (χ1n) is 16.7. The predicted molar refractivity (Wildman–Crippen MR) is 206 cm³/mol. The Hall–Kier alpha value is -4.53. The number of allylic oxidation sites excluding steroid dienone is 7. The molecule has 0 spiro atoms. The van der Waals surface area contributed by atoms with Crippen molar-refractivity contribution in [2.75, 3.05) is 18.6 Å². The molecule has 0 saturated heterocycles. The van der Waals surface area contributed by atoms with Crippen LogP contribution in [0.2, 0.25) is 0 Å². The third-order valence-corrected chi connectivity index (χ3v) is 9.85. The van der Waals surface area contributed by atoms with E-state index in [2.05, 4.69) is 137 Å². The number of fused-ring (bicyclic) bond motifs is 1. The number of hydrogen-bond donors (Lipinski definition) is 1. The van der Waals surface area contributed by atoms with Crippen LogP contribution < -0.4 is 14.9 Å². The molecule has 3 aliphatic rings. The summed E-state index contributed by atoms with van der Waals surface area (Å²) < 4.78 is 15.1. The highest BCUT2D eigenvalue weighted by molar-refractivity contribution is 7.99. The van der Waals surface area contributed by atoms with Crippen molar-refractivity contribution in [2.24, 2.45) is 0 Å². The van der Waals surface area contributed by atoms with Crippen molar-refractivity contribution in [2.45, 2.75) is 44.0 Å². The van der Waals surface area contributed by atoms with E-state index < -0.39 is 0 Å². The molecule has 0 unspecified atom stereocenters. The summed E-state index contributed by atoms with van der Waals surface area (Å²) in [6.07, 6.45) is 23.4. The summed E-state index contributed by atoms with van der Waals surface area (Å²) in [7, 11) is 1.67. The molecule has 7 nitrogen and oxygen atoms in total. The molecule has 2 aromatic heterocycles. The molecular formula is C41H39N4O3S2+. The Balaban J connectivity index is 1.22. The van der Waals surface area contributed by atoms with Crippen molar-refractivity contribution in [3.05, 3.63) is 143 Å². The molecule has 7 rings (SSSR count). The molecule has 0 fully saturated rings. The maximum Gasteiger partial charge on any atom is 0.216 e. The lowest BCUT2D eigenvalue weighted by Gasteiger charge is -2.26. The Morgan fingerprint density at radius 3 is 2.78 bits per heavy atom. The van der Waals surface area contributed by atoms with Crippen molar-refractivity contribution < 1.29 is 18.1 Å². The maximum atomic E-state index is 5.29. The Morgan fingerprint density at radius 2 is 1.92 bits per heavy atom. The Bertz CT molecular complexity index is 2130. The van der Waals surface area contributed by atoms with Gasteiger partial charge in [0.25, 0.3) is 0 Å². The molecule has 1 N–H and O–H groups in total. The summed E-state index contributed by atoms with van der Waals surface area (Å²) >= 11 is 2.24. The summed E-state index contributed by atoms with van der Waals surface area (Å²) in [6, 6.07) is 22.8. The topological polar surface area (TPSA) is 51.8 Å². The highest BCUT2D eigenvalue weighted by atomic mass is 32.2. The van der Waals surface area contributed by atoms with Crippen LogP contribution in [0.3, 0.4) is 0 Å². The first-order chi connectivity index (χ1) is 24.6. The Kier molecular flexibility index (Phi) is 10.9. The summed E-state index contributed by atoms with van der Waals surface area (Å²) in [5, 5.41) is 4.33. The number of aromatic nitrogens is 2. The summed E-state index contributed by atoms with van der Waals surface area (Å²) in [6.45, 7) is 7.31. The maximum absolute atomic E-state index is 5.29. The average Bonchev–Trinajstić information content (AvgIpc) is 3.82. The van der Waals surface area contributed by atoms with Gasteiger partial charge >= 0.3 is 0 Å².